The molecule has 0 aromatic heterocycles. The van der Waals surface area contributed by atoms with E-state index < -0.39 is 6.10 Å². The molecule has 1 aliphatic rings. The van der Waals surface area contributed by atoms with Gasteiger partial charge in [-0.05, 0) is 44.9 Å². The summed E-state index contributed by atoms with van der Waals surface area (Å²) in [4.78, 5) is 1.39. The third-order valence-corrected chi connectivity index (χ3v) is 3.92. The van der Waals surface area contributed by atoms with Crippen LogP contribution in [0.1, 0.15) is 25.0 Å². The molecule has 21 heavy (non-hydrogen) atoms. The molecule has 118 valence electrons. The summed E-state index contributed by atoms with van der Waals surface area (Å²) in [5, 5.41) is 10.2. The van der Waals surface area contributed by atoms with Gasteiger partial charge in [-0.2, -0.15) is 0 Å². The average molecular weight is 294 g/mol. The molecule has 0 aliphatic carbocycles. The number of ether oxygens (including phenoxy) is 2. The highest BCUT2D eigenvalue weighted by molar-refractivity contribution is 5.35. The van der Waals surface area contributed by atoms with E-state index in [9.17, 15) is 5.11 Å². The van der Waals surface area contributed by atoms with Crippen molar-refractivity contribution in [3.05, 3.63) is 29.3 Å². The third kappa shape index (κ3) is 4.99. The summed E-state index contributed by atoms with van der Waals surface area (Å²) in [5.74, 6) is 0.868. The lowest BCUT2D eigenvalue weighted by Crippen LogP contribution is -3.16. The molecule has 1 heterocycles. The van der Waals surface area contributed by atoms with Crippen molar-refractivity contribution in [2.75, 3.05) is 26.2 Å². The number of nitrogens with one attached hydrogen (secondary N) is 1. The van der Waals surface area contributed by atoms with Crippen molar-refractivity contribution in [3.8, 4) is 5.75 Å². The molecule has 1 aliphatic heterocycles. The van der Waals surface area contributed by atoms with Crippen LogP contribution in [0.3, 0.4) is 0 Å². The van der Waals surface area contributed by atoms with Crippen LogP contribution < -0.4 is 9.64 Å². The number of aryl methyl sites for hydroxylation is 2. The maximum absolute atomic E-state index is 10.2. The van der Waals surface area contributed by atoms with Crippen molar-refractivity contribution < 1.29 is 19.5 Å². The summed E-state index contributed by atoms with van der Waals surface area (Å²) in [6.07, 6.45) is 0.0733. The predicted octanol–water partition coefficient (Wildman–Crippen LogP) is 0.735. The second-order valence-corrected chi connectivity index (χ2v) is 6.35. The highest BCUT2D eigenvalue weighted by Crippen LogP contribution is 2.19. The monoisotopic (exact) mass is 294 g/mol. The second-order valence-electron chi connectivity index (χ2n) is 6.35. The van der Waals surface area contributed by atoms with Crippen molar-refractivity contribution >= 4 is 0 Å². The molecular formula is C17H28NO3+. The lowest BCUT2D eigenvalue weighted by Gasteiger charge is -2.33. The van der Waals surface area contributed by atoms with Gasteiger partial charge in [-0.3, -0.25) is 0 Å². The largest absolute Gasteiger partial charge is 0.490 e. The normalized spacial score (nSPS) is 27.4. The van der Waals surface area contributed by atoms with Crippen LogP contribution in [-0.2, 0) is 4.74 Å². The van der Waals surface area contributed by atoms with Gasteiger partial charge in [0.05, 0.1) is 0 Å². The Bertz CT molecular complexity index is 453. The Morgan fingerprint density at radius 3 is 2.62 bits per heavy atom. The molecule has 1 saturated heterocycles. The zero-order valence-corrected chi connectivity index (χ0v) is 13.6. The van der Waals surface area contributed by atoms with E-state index in [0.717, 1.165) is 24.4 Å². The quantitative estimate of drug-likeness (QED) is 0.842. The fraction of sp³-hybridized carbons (Fsp3) is 0.647. The Hall–Kier alpha value is -1.10. The number of aliphatic hydroxyl groups excluding tert-OH is 1. The van der Waals surface area contributed by atoms with Gasteiger partial charge in [-0.1, -0.05) is 12.1 Å². The molecule has 0 radical (unpaired) electrons. The van der Waals surface area contributed by atoms with Gasteiger partial charge in [-0.15, -0.1) is 0 Å². The molecule has 4 heteroatoms. The van der Waals surface area contributed by atoms with Crippen LogP contribution in [0.5, 0.6) is 5.75 Å². The minimum Gasteiger partial charge on any atom is -0.490 e. The highest BCUT2D eigenvalue weighted by Gasteiger charge is 2.27. The molecule has 4 atom stereocenters. The first-order valence-electron chi connectivity index (χ1n) is 7.81. The van der Waals surface area contributed by atoms with E-state index >= 15 is 0 Å². The van der Waals surface area contributed by atoms with Crippen LogP contribution in [0, 0.1) is 13.8 Å². The van der Waals surface area contributed by atoms with Crippen molar-refractivity contribution in [1.82, 2.24) is 0 Å². The van der Waals surface area contributed by atoms with Crippen LogP contribution in [0.4, 0.5) is 0 Å². The number of benzene rings is 1. The van der Waals surface area contributed by atoms with E-state index in [4.69, 9.17) is 9.47 Å². The van der Waals surface area contributed by atoms with E-state index in [0.29, 0.717) is 13.2 Å². The van der Waals surface area contributed by atoms with E-state index in [1.54, 1.807) is 0 Å². The zero-order chi connectivity index (χ0) is 15.4. The summed E-state index contributed by atoms with van der Waals surface area (Å²) in [6.45, 7) is 11.2. The van der Waals surface area contributed by atoms with Crippen molar-refractivity contribution in [1.29, 1.82) is 0 Å². The van der Waals surface area contributed by atoms with Gasteiger partial charge in [0.25, 0.3) is 0 Å². The molecule has 1 aromatic rings. The standard InChI is InChI=1S/C17H27NO3/c1-12-5-6-13(2)17(7-12)20-11-16(19)10-18-8-14(3)21-15(4)9-18/h5-7,14-16,19H,8-11H2,1-4H3/p+1/t14-,15+,16-/m1/s1. The first kappa shape index (κ1) is 16.3. The van der Waals surface area contributed by atoms with Crippen LogP contribution in [-0.4, -0.2) is 49.7 Å². The minimum absolute atomic E-state index is 0.260. The third-order valence-electron chi connectivity index (χ3n) is 3.92. The molecule has 0 saturated carbocycles. The van der Waals surface area contributed by atoms with Gasteiger partial charge < -0.3 is 19.5 Å². The summed E-state index contributed by atoms with van der Waals surface area (Å²) in [7, 11) is 0. The molecule has 1 fully saturated rings. The lowest BCUT2D eigenvalue weighted by atomic mass is 10.1. The van der Waals surface area contributed by atoms with Crippen molar-refractivity contribution in [2.45, 2.75) is 46.0 Å². The summed E-state index contributed by atoms with van der Waals surface area (Å²) >= 11 is 0. The van der Waals surface area contributed by atoms with Crippen LogP contribution in [0.2, 0.25) is 0 Å². The van der Waals surface area contributed by atoms with Gasteiger partial charge in [0.15, 0.2) is 0 Å². The Labute approximate surface area is 127 Å². The molecule has 1 unspecified atom stereocenters. The first-order chi connectivity index (χ1) is 9.94. The van der Waals surface area contributed by atoms with Gasteiger partial charge in [-0.25, -0.2) is 0 Å². The predicted molar refractivity (Wildman–Crippen MR) is 83.0 cm³/mol. The Balaban J connectivity index is 1.81. The summed E-state index contributed by atoms with van der Waals surface area (Å²) < 4.78 is 11.5. The van der Waals surface area contributed by atoms with Crippen LogP contribution >= 0.6 is 0 Å². The van der Waals surface area contributed by atoms with Gasteiger partial charge >= 0.3 is 0 Å². The Kier molecular flexibility index (Phi) is 5.62. The lowest BCUT2D eigenvalue weighted by molar-refractivity contribution is -0.918. The maximum atomic E-state index is 10.2. The zero-order valence-electron chi connectivity index (χ0n) is 13.6. The van der Waals surface area contributed by atoms with Gasteiger partial charge in [0.2, 0.25) is 0 Å². The molecular weight excluding hydrogens is 266 g/mol. The number of quaternary nitrogens is 1. The van der Waals surface area contributed by atoms with Crippen LogP contribution in [0.25, 0.3) is 0 Å². The molecule has 1 aromatic carbocycles. The SMILES string of the molecule is Cc1ccc(C)c(OC[C@H](O)C[NH+]2C[C@@H](C)O[C@@H](C)C2)c1. The maximum Gasteiger partial charge on any atom is 0.137 e. The fourth-order valence-corrected chi connectivity index (χ4v) is 3.00. The Morgan fingerprint density at radius 2 is 1.95 bits per heavy atom. The number of hydrogen-bond acceptors (Lipinski definition) is 3. The van der Waals surface area contributed by atoms with Gasteiger partial charge in [0.1, 0.15) is 50.3 Å². The number of hydrogen-bond donors (Lipinski definition) is 2. The Morgan fingerprint density at radius 1 is 1.29 bits per heavy atom. The summed E-state index contributed by atoms with van der Waals surface area (Å²) in [5.41, 5.74) is 2.28. The van der Waals surface area contributed by atoms with E-state index in [1.807, 2.05) is 26.0 Å². The number of rotatable bonds is 5. The first-order valence-corrected chi connectivity index (χ1v) is 7.81. The topological polar surface area (TPSA) is 43.1 Å². The van der Waals surface area contributed by atoms with Crippen molar-refractivity contribution in [3.63, 3.8) is 0 Å². The summed E-state index contributed by atoms with van der Waals surface area (Å²) in [6, 6.07) is 6.14. The van der Waals surface area contributed by atoms with Crippen LogP contribution in [0.15, 0.2) is 18.2 Å². The fourth-order valence-electron chi connectivity index (χ4n) is 3.00. The molecule has 0 spiro atoms. The van der Waals surface area contributed by atoms with Crippen molar-refractivity contribution in [2.24, 2.45) is 0 Å². The average Bonchev–Trinajstić information content (AvgIpc) is 2.38. The van der Waals surface area contributed by atoms with E-state index in [-0.39, 0.29) is 12.2 Å². The molecule has 2 N–H and O–H groups in total. The second kappa shape index (κ2) is 7.25. The molecule has 0 bridgehead atoms. The smallest absolute Gasteiger partial charge is 0.137 e. The minimum atomic E-state index is -0.447. The molecule has 0 amide bonds. The molecule has 4 nitrogen and oxygen atoms in total. The number of aliphatic hydroxyl groups is 1. The number of morpholine rings is 1. The molecule has 2 rings (SSSR count). The van der Waals surface area contributed by atoms with Gasteiger partial charge in [0, 0.05) is 0 Å². The van der Waals surface area contributed by atoms with E-state index in [2.05, 4.69) is 19.9 Å². The highest BCUT2D eigenvalue weighted by atomic mass is 16.5. The van der Waals surface area contributed by atoms with E-state index in [1.165, 1.54) is 10.5 Å².